The molecule has 1 atom stereocenters. The van der Waals surface area contributed by atoms with Gasteiger partial charge in [0.05, 0.1) is 16.4 Å². The fourth-order valence-corrected chi connectivity index (χ4v) is 2.79. The lowest BCUT2D eigenvalue weighted by atomic mass is 10.2. The number of para-hydroxylation sites is 1. The van der Waals surface area contributed by atoms with Crippen LogP contribution in [0.5, 0.6) is 0 Å². The van der Waals surface area contributed by atoms with Crippen LogP contribution in [0.15, 0.2) is 35.7 Å². The fraction of sp³-hybridized carbons (Fsp3) is 0.231. The quantitative estimate of drug-likeness (QED) is 0.820. The maximum absolute atomic E-state index is 6.12. The summed E-state index contributed by atoms with van der Waals surface area (Å²) in [6.45, 7) is 2.13. The molecule has 1 aromatic heterocycles. The second-order valence-corrected chi connectivity index (χ2v) is 5.47. The minimum absolute atomic E-state index is 0.302. The summed E-state index contributed by atoms with van der Waals surface area (Å²) in [4.78, 5) is 1.36. The van der Waals surface area contributed by atoms with E-state index in [0.717, 1.165) is 12.1 Å². The van der Waals surface area contributed by atoms with Crippen molar-refractivity contribution in [1.29, 1.82) is 0 Å². The Morgan fingerprint density at radius 3 is 2.82 bits per heavy atom. The Morgan fingerprint density at radius 1 is 1.35 bits per heavy atom. The molecule has 4 heteroatoms. The lowest BCUT2D eigenvalue weighted by Gasteiger charge is -2.17. The van der Waals surface area contributed by atoms with Crippen LogP contribution < -0.4 is 11.1 Å². The summed E-state index contributed by atoms with van der Waals surface area (Å²) in [6.07, 6.45) is 0.975. The van der Waals surface area contributed by atoms with Crippen molar-refractivity contribution in [2.45, 2.75) is 19.4 Å². The second kappa shape index (κ2) is 5.43. The highest BCUT2D eigenvalue weighted by Gasteiger charge is 2.09. The number of rotatable bonds is 4. The van der Waals surface area contributed by atoms with E-state index >= 15 is 0 Å². The summed E-state index contributed by atoms with van der Waals surface area (Å²) < 4.78 is 0. The summed E-state index contributed by atoms with van der Waals surface area (Å²) >= 11 is 7.88. The van der Waals surface area contributed by atoms with Gasteiger partial charge in [0, 0.05) is 17.3 Å². The van der Waals surface area contributed by atoms with Crippen LogP contribution in [0.25, 0.3) is 0 Å². The molecule has 3 N–H and O–H groups in total. The number of nitrogen functional groups attached to an aromatic ring is 1. The zero-order valence-corrected chi connectivity index (χ0v) is 11.2. The maximum Gasteiger partial charge on any atom is 0.0765 e. The lowest BCUT2D eigenvalue weighted by molar-refractivity contribution is 0.801. The van der Waals surface area contributed by atoms with Crippen molar-refractivity contribution in [3.63, 3.8) is 0 Å². The summed E-state index contributed by atoms with van der Waals surface area (Å²) in [5.41, 5.74) is 7.42. The molecular weight excluding hydrogens is 252 g/mol. The van der Waals surface area contributed by atoms with Gasteiger partial charge < -0.3 is 11.1 Å². The molecule has 0 aliphatic carbocycles. The molecule has 0 spiro atoms. The third-order valence-corrected chi connectivity index (χ3v) is 3.74. The molecule has 0 aliphatic heterocycles. The molecule has 1 heterocycles. The molecule has 2 rings (SSSR count). The monoisotopic (exact) mass is 266 g/mol. The number of nitrogens with two attached hydrogens (primary N) is 1. The van der Waals surface area contributed by atoms with Gasteiger partial charge >= 0.3 is 0 Å². The molecule has 90 valence electrons. The first-order valence-electron chi connectivity index (χ1n) is 5.49. The van der Waals surface area contributed by atoms with E-state index in [-0.39, 0.29) is 0 Å². The number of hydrogen-bond acceptors (Lipinski definition) is 3. The predicted octanol–water partition coefficient (Wildman–Crippen LogP) is 4.03. The van der Waals surface area contributed by atoms with E-state index in [1.165, 1.54) is 4.88 Å². The molecule has 0 saturated heterocycles. The highest BCUT2D eigenvalue weighted by molar-refractivity contribution is 7.09. The van der Waals surface area contributed by atoms with Crippen LogP contribution in [0.3, 0.4) is 0 Å². The first kappa shape index (κ1) is 12.3. The topological polar surface area (TPSA) is 38.0 Å². The van der Waals surface area contributed by atoms with E-state index in [1.807, 2.05) is 18.2 Å². The molecule has 2 nitrogen and oxygen atoms in total. The minimum Gasteiger partial charge on any atom is -0.397 e. The van der Waals surface area contributed by atoms with E-state index < -0.39 is 0 Å². The number of anilines is 2. The zero-order valence-electron chi connectivity index (χ0n) is 9.61. The molecule has 17 heavy (non-hydrogen) atoms. The molecule has 0 saturated carbocycles. The summed E-state index contributed by atoms with van der Waals surface area (Å²) in [7, 11) is 0. The Balaban J connectivity index is 2.05. The minimum atomic E-state index is 0.302. The van der Waals surface area contributed by atoms with E-state index in [9.17, 15) is 0 Å². The Hall–Kier alpha value is -1.19. The van der Waals surface area contributed by atoms with E-state index in [2.05, 4.69) is 29.8 Å². The van der Waals surface area contributed by atoms with E-state index in [4.69, 9.17) is 17.3 Å². The van der Waals surface area contributed by atoms with Crippen molar-refractivity contribution in [1.82, 2.24) is 0 Å². The summed E-state index contributed by atoms with van der Waals surface area (Å²) in [5, 5.41) is 6.13. The van der Waals surface area contributed by atoms with Crippen LogP contribution in [0.2, 0.25) is 5.02 Å². The van der Waals surface area contributed by atoms with Gasteiger partial charge in [-0.1, -0.05) is 23.7 Å². The first-order chi connectivity index (χ1) is 8.16. The van der Waals surface area contributed by atoms with Crippen molar-refractivity contribution in [2.75, 3.05) is 11.1 Å². The zero-order chi connectivity index (χ0) is 12.3. The number of halogens is 1. The predicted molar refractivity (Wildman–Crippen MR) is 77.0 cm³/mol. The molecule has 0 bridgehead atoms. The SMILES string of the molecule is CC(Cc1cccs1)Nc1c(N)cccc1Cl. The van der Waals surface area contributed by atoms with Crippen molar-refractivity contribution in [3.05, 3.63) is 45.6 Å². The molecule has 1 unspecified atom stereocenters. The second-order valence-electron chi connectivity index (χ2n) is 4.03. The molecule has 0 fully saturated rings. The van der Waals surface area contributed by atoms with Gasteiger partial charge in [0.15, 0.2) is 0 Å². The highest BCUT2D eigenvalue weighted by atomic mass is 35.5. The normalized spacial score (nSPS) is 12.4. The van der Waals surface area contributed by atoms with Crippen LogP contribution in [0.1, 0.15) is 11.8 Å². The standard InChI is InChI=1S/C13H15ClN2S/c1-9(8-10-4-3-7-17-10)16-13-11(14)5-2-6-12(13)15/h2-7,9,16H,8,15H2,1H3. The highest BCUT2D eigenvalue weighted by Crippen LogP contribution is 2.29. The van der Waals surface area contributed by atoms with Gasteiger partial charge in [-0.05, 0) is 30.5 Å². The summed E-state index contributed by atoms with van der Waals surface area (Å²) in [5.74, 6) is 0. The van der Waals surface area contributed by atoms with Crippen LogP contribution in [0.4, 0.5) is 11.4 Å². The number of benzene rings is 1. The van der Waals surface area contributed by atoms with Gasteiger partial charge in [-0.15, -0.1) is 11.3 Å². The van der Waals surface area contributed by atoms with Gasteiger partial charge in [0.1, 0.15) is 0 Å². The first-order valence-corrected chi connectivity index (χ1v) is 6.75. The Morgan fingerprint density at radius 2 is 2.18 bits per heavy atom. The van der Waals surface area contributed by atoms with Crippen LogP contribution >= 0.6 is 22.9 Å². The lowest BCUT2D eigenvalue weighted by Crippen LogP contribution is -2.18. The average molecular weight is 267 g/mol. The van der Waals surface area contributed by atoms with Gasteiger partial charge in [0.25, 0.3) is 0 Å². The van der Waals surface area contributed by atoms with Gasteiger partial charge in [-0.25, -0.2) is 0 Å². The molecule has 0 radical (unpaired) electrons. The fourth-order valence-electron chi connectivity index (χ4n) is 1.72. The molecule has 1 aromatic carbocycles. The Bertz CT molecular complexity index is 462. The van der Waals surface area contributed by atoms with Crippen molar-refractivity contribution >= 4 is 34.3 Å². The van der Waals surface area contributed by atoms with Crippen molar-refractivity contribution in [3.8, 4) is 0 Å². The van der Waals surface area contributed by atoms with Gasteiger partial charge in [0.2, 0.25) is 0 Å². The Labute approximate surface area is 110 Å². The number of nitrogens with one attached hydrogen (secondary N) is 1. The number of hydrogen-bond donors (Lipinski definition) is 2. The molecule has 0 aliphatic rings. The van der Waals surface area contributed by atoms with E-state index in [1.54, 1.807) is 11.3 Å². The average Bonchev–Trinajstić information content (AvgIpc) is 2.76. The summed E-state index contributed by atoms with van der Waals surface area (Å²) in [6, 6.07) is 10.1. The van der Waals surface area contributed by atoms with Crippen LogP contribution in [0, 0.1) is 0 Å². The van der Waals surface area contributed by atoms with Gasteiger partial charge in [-0.3, -0.25) is 0 Å². The molecular formula is C13H15ClN2S. The van der Waals surface area contributed by atoms with Crippen LogP contribution in [-0.2, 0) is 6.42 Å². The largest absolute Gasteiger partial charge is 0.397 e. The van der Waals surface area contributed by atoms with Crippen LogP contribution in [-0.4, -0.2) is 6.04 Å². The Kier molecular flexibility index (Phi) is 3.92. The molecule has 0 amide bonds. The van der Waals surface area contributed by atoms with Crippen molar-refractivity contribution < 1.29 is 0 Å². The van der Waals surface area contributed by atoms with E-state index in [0.29, 0.717) is 16.8 Å². The smallest absolute Gasteiger partial charge is 0.0765 e. The van der Waals surface area contributed by atoms with Crippen molar-refractivity contribution in [2.24, 2.45) is 0 Å². The number of thiophene rings is 1. The third-order valence-electron chi connectivity index (χ3n) is 2.52. The van der Waals surface area contributed by atoms with Gasteiger partial charge in [-0.2, -0.15) is 0 Å². The molecule has 2 aromatic rings. The third kappa shape index (κ3) is 3.14. The maximum atomic E-state index is 6.12.